The normalized spacial score (nSPS) is 24.2. The first-order valence-electron chi connectivity index (χ1n) is 17.8. The van der Waals surface area contributed by atoms with Gasteiger partial charge in [0.2, 0.25) is 11.8 Å². The number of benzene rings is 1. The molecule has 2 aliphatic heterocycles. The lowest BCUT2D eigenvalue weighted by Gasteiger charge is -2.35. The average molecular weight is 724 g/mol. The summed E-state index contributed by atoms with van der Waals surface area (Å²) in [6.07, 6.45) is 2.20. The van der Waals surface area contributed by atoms with Crippen molar-refractivity contribution in [3.8, 4) is 11.5 Å². The van der Waals surface area contributed by atoms with Crippen LogP contribution in [0, 0.1) is 11.3 Å². The molecule has 1 aromatic heterocycles. The van der Waals surface area contributed by atoms with E-state index in [1.165, 1.54) is 11.0 Å². The third-order valence-corrected chi connectivity index (χ3v) is 10.0. The molecule has 52 heavy (non-hydrogen) atoms. The number of hydrogen-bond acceptors (Lipinski definition) is 10. The van der Waals surface area contributed by atoms with Crippen LogP contribution < -0.4 is 25.0 Å². The first-order chi connectivity index (χ1) is 24.4. The summed E-state index contributed by atoms with van der Waals surface area (Å²) in [6.45, 7) is 15.8. The average Bonchev–Trinajstić information content (AvgIpc) is 3.64. The maximum atomic E-state index is 14.5. The van der Waals surface area contributed by atoms with Crippen molar-refractivity contribution >= 4 is 40.6 Å². The van der Waals surface area contributed by atoms with Gasteiger partial charge in [0.25, 0.3) is 0 Å². The zero-order valence-corrected chi connectivity index (χ0v) is 31.5. The number of fused-ring (bicyclic) bond motifs is 1. The van der Waals surface area contributed by atoms with Crippen molar-refractivity contribution in [2.24, 2.45) is 11.3 Å². The maximum absolute atomic E-state index is 14.5. The number of carbonyl (C=O) groups is 4. The molecule has 1 aromatic carbocycles. The number of carbonyl (C=O) groups excluding carboxylic acids is 3. The predicted molar refractivity (Wildman–Crippen MR) is 194 cm³/mol. The number of ether oxygens (including phenoxy) is 4. The van der Waals surface area contributed by atoms with Crippen molar-refractivity contribution in [1.29, 1.82) is 0 Å². The number of nitrogens with zero attached hydrogens (tertiary/aromatic N) is 3. The summed E-state index contributed by atoms with van der Waals surface area (Å²) in [7, 11) is 3.31. The van der Waals surface area contributed by atoms with Gasteiger partial charge in [-0.1, -0.05) is 26.8 Å². The number of hydrogen-bond donors (Lipinski definition) is 3. The number of carboxylic acid groups (broad SMARTS) is 1. The van der Waals surface area contributed by atoms with Gasteiger partial charge >= 0.3 is 12.1 Å². The van der Waals surface area contributed by atoms with Gasteiger partial charge in [0.1, 0.15) is 46.6 Å². The summed E-state index contributed by atoms with van der Waals surface area (Å²) >= 11 is 0. The fourth-order valence-electron chi connectivity index (χ4n) is 6.98. The van der Waals surface area contributed by atoms with E-state index in [9.17, 15) is 24.3 Å². The van der Waals surface area contributed by atoms with E-state index in [4.69, 9.17) is 23.9 Å². The number of amides is 3. The third kappa shape index (κ3) is 8.38. The van der Waals surface area contributed by atoms with E-state index in [-0.39, 0.29) is 25.5 Å². The molecule has 14 nitrogen and oxygen atoms in total. The minimum absolute atomic E-state index is 0.000998. The Morgan fingerprint density at radius 2 is 1.75 bits per heavy atom. The Morgan fingerprint density at radius 3 is 2.31 bits per heavy atom. The van der Waals surface area contributed by atoms with Crippen LogP contribution in [0.3, 0.4) is 0 Å². The number of aliphatic carboxylic acids is 1. The Kier molecular flexibility index (Phi) is 11.0. The minimum Gasteiger partial charge on any atom is -0.497 e. The molecule has 2 aromatic rings. The van der Waals surface area contributed by atoms with Crippen molar-refractivity contribution in [2.75, 3.05) is 38.8 Å². The van der Waals surface area contributed by atoms with E-state index in [1.54, 1.807) is 55.8 Å². The van der Waals surface area contributed by atoms with Crippen LogP contribution in [-0.2, 0) is 23.9 Å². The SMILES string of the molecule is C=C[C@H]1CC1(NC(=O)[C@@H]1C[C@@H](Oc2cc(N3CCC(OC)CC3)nc3cc(OC)ccc23)CN1C(=O)[C@@H](NC(=O)OC(C)(C)C)C(C)(C)C)C(=O)O. The number of carboxylic acids is 1. The van der Waals surface area contributed by atoms with Crippen molar-refractivity contribution < 1.29 is 43.2 Å². The monoisotopic (exact) mass is 723 g/mol. The summed E-state index contributed by atoms with van der Waals surface area (Å²) in [6, 6.07) is 5.21. The molecule has 14 heteroatoms. The standard InChI is InChI=1S/C38H53N5O9/c1-10-22-20-38(22,34(46)47)41-32(44)28-18-25(21-43(28)33(45)31(36(2,3)4)40-35(48)52-37(5,6)7)51-29-19-30(42-15-13-23(49-8)14-16-42)39-27-17-24(50-9)11-12-26(27)29/h10-12,17,19,22-23,25,28,31H,1,13-16,18,20-21H2,2-9H3,(H,40,48)(H,41,44)(H,46,47)/t22-,25+,28-,31+,38?/m0/s1. The molecule has 0 radical (unpaired) electrons. The molecular formula is C38H53N5O9. The largest absolute Gasteiger partial charge is 0.497 e. The van der Waals surface area contributed by atoms with E-state index < -0.39 is 64.5 Å². The molecule has 3 amide bonds. The smallest absolute Gasteiger partial charge is 0.408 e. The lowest BCUT2D eigenvalue weighted by Crippen LogP contribution is -2.59. The molecule has 284 valence electrons. The first-order valence-corrected chi connectivity index (χ1v) is 17.8. The van der Waals surface area contributed by atoms with E-state index in [1.807, 2.05) is 24.3 Å². The summed E-state index contributed by atoms with van der Waals surface area (Å²) in [5.41, 5.74) is -2.44. The number of alkyl carbamates (subject to hydrolysis) is 1. The molecular weight excluding hydrogens is 670 g/mol. The number of anilines is 1. The van der Waals surface area contributed by atoms with Gasteiger partial charge in [-0.15, -0.1) is 6.58 Å². The second kappa shape index (κ2) is 14.8. The van der Waals surface area contributed by atoms with Crippen LogP contribution in [0.25, 0.3) is 10.9 Å². The Morgan fingerprint density at radius 1 is 1.06 bits per heavy atom. The molecule has 3 N–H and O–H groups in total. The molecule has 3 fully saturated rings. The van der Waals surface area contributed by atoms with Crippen LogP contribution in [0.5, 0.6) is 11.5 Å². The quantitative estimate of drug-likeness (QED) is 0.283. The van der Waals surface area contributed by atoms with Gasteiger partial charge in [0.05, 0.1) is 25.3 Å². The minimum atomic E-state index is -1.50. The molecule has 5 atom stereocenters. The van der Waals surface area contributed by atoms with E-state index in [2.05, 4.69) is 22.1 Å². The molecule has 0 bridgehead atoms. The summed E-state index contributed by atoms with van der Waals surface area (Å²) in [5, 5.41) is 16.2. The zero-order valence-electron chi connectivity index (χ0n) is 31.5. The van der Waals surface area contributed by atoms with Crippen molar-refractivity contribution in [3.63, 3.8) is 0 Å². The summed E-state index contributed by atoms with van der Waals surface area (Å²) < 4.78 is 23.2. The molecule has 1 aliphatic carbocycles. The fraction of sp³-hybridized carbons (Fsp3) is 0.605. The summed E-state index contributed by atoms with van der Waals surface area (Å²) in [4.78, 5) is 62.3. The number of aromatic nitrogens is 1. The lowest BCUT2D eigenvalue weighted by molar-refractivity contribution is -0.146. The zero-order chi connectivity index (χ0) is 38.2. The molecule has 5 rings (SSSR count). The van der Waals surface area contributed by atoms with Crippen LogP contribution in [-0.4, -0.2) is 108 Å². The van der Waals surface area contributed by atoms with E-state index in [0.717, 1.165) is 31.3 Å². The predicted octanol–water partition coefficient (Wildman–Crippen LogP) is 4.29. The second-order valence-corrected chi connectivity index (χ2v) is 16.0. The molecule has 2 saturated heterocycles. The van der Waals surface area contributed by atoms with Crippen LogP contribution in [0.1, 0.15) is 67.2 Å². The highest BCUT2D eigenvalue weighted by Gasteiger charge is 2.61. The van der Waals surface area contributed by atoms with E-state index in [0.29, 0.717) is 22.8 Å². The van der Waals surface area contributed by atoms with Crippen molar-refractivity contribution in [1.82, 2.24) is 20.5 Å². The highest BCUT2D eigenvalue weighted by molar-refractivity contribution is 5.96. The highest BCUT2D eigenvalue weighted by atomic mass is 16.6. The number of methoxy groups -OCH3 is 2. The van der Waals surface area contributed by atoms with Crippen LogP contribution in [0.2, 0.25) is 0 Å². The van der Waals surface area contributed by atoms with Gasteiger partial charge in [-0.25, -0.2) is 14.6 Å². The Balaban J connectivity index is 1.48. The summed E-state index contributed by atoms with van der Waals surface area (Å²) in [5.74, 6) is -0.896. The van der Waals surface area contributed by atoms with Crippen LogP contribution in [0.15, 0.2) is 36.9 Å². The fourth-order valence-corrected chi connectivity index (χ4v) is 6.98. The van der Waals surface area contributed by atoms with Gasteiger partial charge in [0, 0.05) is 50.1 Å². The maximum Gasteiger partial charge on any atom is 0.408 e. The molecule has 1 saturated carbocycles. The van der Waals surface area contributed by atoms with Crippen LogP contribution in [0.4, 0.5) is 10.6 Å². The lowest BCUT2D eigenvalue weighted by atomic mass is 9.85. The van der Waals surface area contributed by atoms with Gasteiger partial charge in [-0.05, 0) is 57.6 Å². The van der Waals surface area contributed by atoms with Gasteiger partial charge in [0.15, 0.2) is 0 Å². The third-order valence-electron chi connectivity index (χ3n) is 10.0. The van der Waals surface area contributed by atoms with Gasteiger partial charge in [-0.3, -0.25) is 9.59 Å². The number of nitrogens with one attached hydrogen (secondary N) is 2. The molecule has 0 spiro atoms. The molecule has 3 aliphatic rings. The number of pyridine rings is 1. The molecule has 1 unspecified atom stereocenters. The van der Waals surface area contributed by atoms with Crippen LogP contribution >= 0.6 is 0 Å². The first kappa shape index (κ1) is 38.6. The van der Waals surface area contributed by atoms with Gasteiger partial charge in [-0.2, -0.15) is 0 Å². The second-order valence-electron chi connectivity index (χ2n) is 16.0. The number of likely N-dealkylation sites (tertiary alicyclic amines) is 1. The van der Waals surface area contributed by atoms with Crippen molar-refractivity contribution in [3.05, 3.63) is 36.9 Å². The topological polar surface area (TPSA) is 169 Å². The Labute approximate surface area is 305 Å². The van der Waals surface area contributed by atoms with Gasteiger partial charge < -0.3 is 44.5 Å². The Hall–Kier alpha value is -4.59. The molecule has 3 heterocycles. The highest BCUT2D eigenvalue weighted by Crippen LogP contribution is 2.45. The number of rotatable bonds is 11. The van der Waals surface area contributed by atoms with Crippen molar-refractivity contribution in [2.45, 2.75) is 103 Å². The van der Waals surface area contributed by atoms with E-state index >= 15 is 0 Å². The number of piperidine rings is 1. The Bertz CT molecular complexity index is 1690.